The molecule has 1 aromatic heterocycles. The van der Waals surface area contributed by atoms with Crippen molar-refractivity contribution < 1.29 is 13.2 Å². The van der Waals surface area contributed by atoms with Crippen molar-refractivity contribution in [1.82, 2.24) is 19.5 Å². The van der Waals surface area contributed by atoms with Gasteiger partial charge in [-0.05, 0) is 46.0 Å². The third-order valence-corrected chi connectivity index (χ3v) is 5.11. The van der Waals surface area contributed by atoms with Crippen molar-refractivity contribution in [3.63, 3.8) is 0 Å². The number of H-pyrrole nitrogens is 1. The van der Waals surface area contributed by atoms with E-state index in [-0.39, 0.29) is 10.8 Å². The van der Waals surface area contributed by atoms with E-state index in [2.05, 4.69) is 9.71 Å². The average molecular weight is 328 g/mol. The highest BCUT2D eigenvalue weighted by molar-refractivity contribution is 7.89. The molecule has 1 aromatic rings. The van der Waals surface area contributed by atoms with Crippen LogP contribution in [0, 0.1) is 0 Å². The van der Waals surface area contributed by atoms with Crippen molar-refractivity contribution in [3.05, 3.63) is 18.0 Å². The Kier molecular flexibility index (Phi) is 5.60. The van der Waals surface area contributed by atoms with E-state index in [4.69, 9.17) is 0 Å². The first kappa shape index (κ1) is 17.0. The van der Waals surface area contributed by atoms with Crippen molar-refractivity contribution in [2.24, 2.45) is 0 Å². The van der Waals surface area contributed by atoms with E-state index in [1.807, 2.05) is 19.0 Å². The van der Waals surface area contributed by atoms with Crippen LogP contribution in [0.3, 0.4) is 0 Å². The normalized spacial score (nSPS) is 15.7. The Labute approximate surface area is 131 Å². The van der Waals surface area contributed by atoms with Crippen LogP contribution in [0.25, 0.3) is 0 Å². The molecule has 1 fully saturated rings. The van der Waals surface area contributed by atoms with Crippen LogP contribution >= 0.6 is 0 Å². The lowest BCUT2D eigenvalue weighted by atomic mass is 10.4. The van der Waals surface area contributed by atoms with Gasteiger partial charge in [-0.15, -0.1) is 0 Å². The zero-order valence-electron chi connectivity index (χ0n) is 13.1. The smallest absolute Gasteiger partial charge is 0.270 e. The molecule has 2 N–H and O–H groups in total. The molecule has 1 aliphatic rings. The number of sulfonamides is 1. The molecule has 0 atom stereocenters. The first-order chi connectivity index (χ1) is 10.4. The molecule has 22 heavy (non-hydrogen) atoms. The van der Waals surface area contributed by atoms with Crippen LogP contribution in [0.2, 0.25) is 0 Å². The van der Waals surface area contributed by atoms with Crippen molar-refractivity contribution in [2.75, 3.05) is 40.3 Å². The van der Waals surface area contributed by atoms with E-state index in [0.29, 0.717) is 12.2 Å². The van der Waals surface area contributed by atoms with Gasteiger partial charge in [-0.1, -0.05) is 0 Å². The number of amides is 1. The Morgan fingerprint density at radius 3 is 2.68 bits per heavy atom. The molecular weight excluding hydrogens is 304 g/mol. The van der Waals surface area contributed by atoms with Gasteiger partial charge in [0.2, 0.25) is 10.0 Å². The Hall–Kier alpha value is -1.38. The number of hydrogen-bond donors (Lipinski definition) is 2. The number of nitrogens with zero attached hydrogens (tertiary/aromatic N) is 2. The highest BCUT2D eigenvalue weighted by Gasteiger charge is 2.23. The number of aromatic amines is 1. The summed E-state index contributed by atoms with van der Waals surface area (Å²) >= 11 is 0. The predicted octanol–water partition coefficient (Wildman–Crippen LogP) is 0.481. The topological polar surface area (TPSA) is 85.5 Å². The minimum Gasteiger partial charge on any atom is -0.356 e. The minimum atomic E-state index is -3.56. The van der Waals surface area contributed by atoms with Gasteiger partial charge in [0.15, 0.2) is 0 Å². The fraction of sp³-hybridized carbons (Fsp3) is 0.643. The van der Waals surface area contributed by atoms with E-state index >= 15 is 0 Å². The van der Waals surface area contributed by atoms with Gasteiger partial charge in [-0.25, -0.2) is 13.1 Å². The Balaban J connectivity index is 1.95. The summed E-state index contributed by atoms with van der Waals surface area (Å²) in [6, 6.07) is 1.41. The Bertz CT molecular complexity index is 603. The number of likely N-dealkylation sites (tertiary alicyclic amines) is 1. The highest BCUT2D eigenvalue weighted by Crippen LogP contribution is 2.15. The Morgan fingerprint density at radius 2 is 2.05 bits per heavy atom. The van der Waals surface area contributed by atoms with Crippen molar-refractivity contribution in [1.29, 1.82) is 0 Å². The van der Waals surface area contributed by atoms with Crippen LogP contribution in [0.5, 0.6) is 0 Å². The third-order valence-electron chi connectivity index (χ3n) is 3.66. The second-order valence-corrected chi connectivity index (χ2v) is 7.57. The van der Waals surface area contributed by atoms with E-state index < -0.39 is 10.0 Å². The molecule has 0 aromatic carbocycles. The maximum Gasteiger partial charge on any atom is 0.270 e. The molecule has 1 amide bonds. The van der Waals surface area contributed by atoms with Gasteiger partial charge in [0, 0.05) is 25.8 Å². The standard InChI is InChI=1S/C14H24N4O3S/c1-17(2)7-5-6-16-22(20,21)12-10-13(15-11-12)14(19)18-8-3-4-9-18/h10-11,15-16H,3-9H2,1-2H3. The summed E-state index contributed by atoms with van der Waals surface area (Å²) in [5.41, 5.74) is 0.329. The highest BCUT2D eigenvalue weighted by atomic mass is 32.2. The molecule has 2 rings (SSSR count). The largest absolute Gasteiger partial charge is 0.356 e. The summed E-state index contributed by atoms with van der Waals surface area (Å²) in [6.45, 7) is 2.67. The van der Waals surface area contributed by atoms with Gasteiger partial charge in [0.05, 0.1) is 0 Å². The third kappa shape index (κ3) is 4.31. The summed E-state index contributed by atoms with van der Waals surface area (Å²) in [5, 5.41) is 0. The summed E-state index contributed by atoms with van der Waals surface area (Å²) in [4.78, 5) is 18.8. The molecule has 1 saturated heterocycles. The van der Waals surface area contributed by atoms with Crippen LogP contribution < -0.4 is 4.72 Å². The number of carbonyl (C=O) groups excluding carboxylic acids is 1. The zero-order valence-corrected chi connectivity index (χ0v) is 13.9. The first-order valence-corrected chi connectivity index (χ1v) is 9.00. The van der Waals surface area contributed by atoms with Gasteiger partial charge in [0.1, 0.15) is 10.6 Å². The van der Waals surface area contributed by atoms with Crippen molar-refractivity contribution >= 4 is 15.9 Å². The van der Waals surface area contributed by atoms with E-state index in [1.54, 1.807) is 4.90 Å². The first-order valence-electron chi connectivity index (χ1n) is 7.52. The molecule has 7 nitrogen and oxygen atoms in total. The van der Waals surface area contributed by atoms with E-state index in [9.17, 15) is 13.2 Å². The van der Waals surface area contributed by atoms with Crippen molar-refractivity contribution in [2.45, 2.75) is 24.2 Å². The SMILES string of the molecule is CN(C)CCCNS(=O)(=O)c1c[nH]c(C(=O)N2CCCC2)c1. The molecular formula is C14H24N4O3S. The van der Waals surface area contributed by atoms with Crippen molar-refractivity contribution in [3.8, 4) is 0 Å². The number of nitrogens with one attached hydrogen (secondary N) is 2. The van der Waals surface area contributed by atoms with Crippen LogP contribution in [-0.2, 0) is 10.0 Å². The fourth-order valence-electron chi connectivity index (χ4n) is 2.43. The molecule has 0 radical (unpaired) electrons. The summed E-state index contributed by atoms with van der Waals surface area (Å²) in [7, 11) is 0.318. The molecule has 8 heteroatoms. The molecule has 124 valence electrons. The van der Waals surface area contributed by atoms with E-state index in [0.717, 1.165) is 38.9 Å². The molecule has 1 aliphatic heterocycles. The van der Waals surface area contributed by atoms with Gasteiger partial charge in [-0.2, -0.15) is 0 Å². The Morgan fingerprint density at radius 1 is 1.36 bits per heavy atom. The molecule has 0 bridgehead atoms. The molecule has 0 saturated carbocycles. The number of hydrogen-bond acceptors (Lipinski definition) is 4. The summed E-state index contributed by atoms with van der Waals surface area (Å²) in [5.74, 6) is -0.133. The lowest BCUT2D eigenvalue weighted by Gasteiger charge is -2.13. The lowest BCUT2D eigenvalue weighted by molar-refractivity contribution is 0.0787. The molecule has 0 spiro atoms. The maximum absolute atomic E-state index is 12.2. The summed E-state index contributed by atoms with van der Waals surface area (Å²) in [6.07, 6.45) is 4.11. The second-order valence-electron chi connectivity index (χ2n) is 5.80. The summed E-state index contributed by atoms with van der Waals surface area (Å²) < 4.78 is 26.9. The molecule has 0 unspecified atom stereocenters. The van der Waals surface area contributed by atoms with Gasteiger partial charge in [-0.3, -0.25) is 4.79 Å². The zero-order chi connectivity index (χ0) is 16.2. The monoisotopic (exact) mass is 328 g/mol. The number of carbonyl (C=O) groups is 1. The van der Waals surface area contributed by atoms with Crippen LogP contribution in [0.4, 0.5) is 0 Å². The number of rotatable bonds is 7. The molecule has 0 aliphatic carbocycles. The lowest BCUT2D eigenvalue weighted by Crippen LogP contribution is -2.28. The molecule has 2 heterocycles. The van der Waals surface area contributed by atoms with Crippen LogP contribution in [0.15, 0.2) is 17.2 Å². The van der Waals surface area contributed by atoms with Crippen LogP contribution in [-0.4, -0.2) is 69.4 Å². The van der Waals surface area contributed by atoms with Gasteiger partial charge >= 0.3 is 0 Å². The van der Waals surface area contributed by atoms with Crippen LogP contribution in [0.1, 0.15) is 29.8 Å². The minimum absolute atomic E-state index is 0.111. The second kappa shape index (κ2) is 7.26. The average Bonchev–Trinajstić information content (AvgIpc) is 3.13. The predicted molar refractivity (Wildman–Crippen MR) is 84.3 cm³/mol. The van der Waals surface area contributed by atoms with Gasteiger partial charge < -0.3 is 14.8 Å². The van der Waals surface area contributed by atoms with E-state index in [1.165, 1.54) is 12.3 Å². The number of aromatic nitrogens is 1. The maximum atomic E-state index is 12.2. The van der Waals surface area contributed by atoms with Gasteiger partial charge in [0.25, 0.3) is 5.91 Å². The quantitative estimate of drug-likeness (QED) is 0.713. The fourth-order valence-corrected chi connectivity index (χ4v) is 3.50.